The monoisotopic (exact) mass is 303 g/mol. The minimum absolute atomic E-state index is 0.0810. The van der Waals surface area contributed by atoms with E-state index in [1.54, 1.807) is 18.2 Å². The second-order valence-electron chi connectivity index (χ2n) is 5.79. The van der Waals surface area contributed by atoms with Crippen molar-refractivity contribution in [2.75, 3.05) is 17.2 Å². The van der Waals surface area contributed by atoms with Crippen LogP contribution in [0.25, 0.3) is 0 Å². The molecular weight excluding hydrogens is 282 g/mol. The minimum atomic E-state index is -0.201. The molecule has 1 aliphatic heterocycles. The second-order valence-corrected chi connectivity index (χ2v) is 5.79. The molecule has 6 nitrogen and oxygen atoms in total. The number of benzene rings is 1. The van der Waals surface area contributed by atoms with E-state index in [4.69, 9.17) is 4.74 Å². The lowest BCUT2D eigenvalue weighted by molar-refractivity contribution is -0.116. The van der Waals surface area contributed by atoms with Crippen LogP contribution in [0.15, 0.2) is 18.2 Å². The number of rotatable bonds is 2. The highest BCUT2D eigenvalue weighted by molar-refractivity contribution is 5.95. The Labute approximate surface area is 129 Å². The summed E-state index contributed by atoms with van der Waals surface area (Å²) in [6.45, 7) is 0.369. The van der Waals surface area contributed by atoms with Crippen LogP contribution < -0.4 is 20.7 Å². The molecule has 0 radical (unpaired) electrons. The first kappa shape index (κ1) is 14.7. The standard InChI is InChI=1S/C16H21N3O3/c20-15-8-9-22-14-7-6-12(10-13(14)19-15)18-16(21)17-11-4-2-1-3-5-11/h6-7,10-11H,1-5,8-9H2,(H,19,20)(H2,17,18,21). The van der Waals surface area contributed by atoms with Gasteiger partial charge >= 0.3 is 6.03 Å². The SMILES string of the molecule is O=C1CCOc2ccc(NC(=O)NC3CCCCC3)cc2N1. The van der Waals surface area contributed by atoms with Crippen LogP contribution in [0, 0.1) is 0 Å². The summed E-state index contributed by atoms with van der Waals surface area (Å²) in [5.41, 5.74) is 1.23. The molecule has 3 rings (SSSR count). The molecule has 0 saturated heterocycles. The molecular formula is C16H21N3O3. The predicted octanol–water partition coefficient (Wildman–Crippen LogP) is 2.86. The highest BCUT2D eigenvalue weighted by Crippen LogP contribution is 2.30. The fraction of sp³-hybridized carbons (Fsp3) is 0.500. The summed E-state index contributed by atoms with van der Waals surface area (Å²) in [6.07, 6.45) is 6.02. The Morgan fingerprint density at radius 2 is 2.05 bits per heavy atom. The number of carbonyl (C=O) groups is 2. The van der Waals surface area contributed by atoms with Gasteiger partial charge in [0, 0.05) is 11.7 Å². The van der Waals surface area contributed by atoms with Crippen molar-refractivity contribution in [2.24, 2.45) is 0 Å². The molecule has 3 amide bonds. The lowest BCUT2D eigenvalue weighted by Gasteiger charge is -2.23. The molecule has 0 unspecified atom stereocenters. The van der Waals surface area contributed by atoms with Crippen molar-refractivity contribution >= 4 is 23.3 Å². The summed E-state index contributed by atoms with van der Waals surface area (Å²) in [4.78, 5) is 23.6. The van der Waals surface area contributed by atoms with Gasteiger partial charge in [-0.25, -0.2) is 4.79 Å². The Morgan fingerprint density at radius 3 is 2.86 bits per heavy atom. The molecule has 1 aliphatic carbocycles. The average Bonchev–Trinajstić information content (AvgIpc) is 2.68. The van der Waals surface area contributed by atoms with Gasteiger partial charge in [-0.1, -0.05) is 19.3 Å². The molecule has 0 aromatic heterocycles. The highest BCUT2D eigenvalue weighted by atomic mass is 16.5. The van der Waals surface area contributed by atoms with Crippen molar-refractivity contribution < 1.29 is 14.3 Å². The van der Waals surface area contributed by atoms with Crippen LogP contribution in [0.1, 0.15) is 38.5 Å². The van der Waals surface area contributed by atoms with Crippen LogP contribution in [-0.2, 0) is 4.79 Å². The first-order valence-corrected chi connectivity index (χ1v) is 7.85. The zero-order valence-electron chi connectivity index (χ0n) is 12.5. The normalized spacial score (nSPS) is 18.5. The molecule has 3 N–H and O–H groups in total. The Morgan fingerprint density at radius 1 is 1.23 bits per heavy atom. The van der Waals surface area contributed by atoms with Crippen molar-refractivity contribution in [1.82, 2.24) is 5.32 Å². The van der Waals surface area contributed by atoms with E-state index in [9.17, 15) is 9.59 Å². The largest absolute Gasteiger partial charge is 0.491 e. The van der Waals surface area contributed by atoms with Gasteiger partial charge in [0.1, 0.15) is 5.75 Å². The number of amides is 3. The minimum Gasteiger partial charge on any atom is -0.491 e. The number of fused-ring (bicyclic) bond motifs is 1. The maximum absolute atomic E-state index is 12.0. The number of urea groups is 1. The lowest BCUT2D eigenvalue weighted by atomic mass is 9.96. The lowest BCUT2D eigenvalue weighted by Crippen LogP contribution is -2.39. The number of carbonyl (C=O) groups excluding carboxylic acids is 2. The third-order valence-electron chi connectivity index (χ3n) is 4.04. The summed E-state index contributed by atoms with van der Waals surface area (Å²) < 4.78 is 5.49. The smallest absolute Gasteiger partial charge is 0.319 e. The molecule has 1 aromatic rings. The van der Waals surface area contributed by atoms with Crippen molar-refractivity contribution in [3.8, 4) is 5.75 Å². The fourth-order valence-corrected chi connectivity index (χ4v) is 2.90. The zero-order chi connectivity index (χ0) is 15.4. The molecule has 22 heavy (non-hydrogen) atoms. The summed E-state index contributed by atoms with van der Waals surface area (Å²) in [7, 11) is 0. The summed E-state index contributed by atoms with van der Waals surface area (Å²) in [6, 6.07) is 5.32. The van der Waals surface area contributed by atoms with Gasteiger partial charge in [0.25, 0.3) is 0 Å². The third kappa shape index (κ3) is 3.69. The summed E-state index contributed by atoms with van der Waals surface area (Å²) in [5, 5.41) is 8.60. The number of anilines is 2. The molecule has 118 valence electrons. The van der Waals surface area contributed by atoms with Gasteiger partial charge in [-0.3, -0.25) is 4.79 Å². The van der Waals surface area contributed by atoms with E-state index >= 15 is 0 Å². The van der Waals surface area contributed by atoms with E-state index < -0.39 is 0 Å². The van der Waals surface area contributed by atoms with Crippen molar-refractivity contribution in [2.45, 2.75) is 44.6 Å². The summed E-state index contributed by atoms with van der Waals surface area (Å²) >= 11 is 0. The zero-order valence-corrected chi connectivity index (χ0v) is 12.5. The molecule has 1 saturated carbocycles. The molecule has 1 aromatic carbocycles. The van der Waals surface area contributed by atoms with Crippen LogP contribution in [0.3, 0.4) is 0 Å². The average molecular weight is 303 g/mol. The number of hydrogen-bond donors (Lipinski definition) is 3. The number of hydrogen-bond acceptors (Lipinski definition) is 3. The number of nitrogens with one attached hydrogen (secondary N) is 3. The highest BCUT2D eigenvalue weighted by Gasteiger charge is 2.17. The summed E-state index contributed by atoms with van der Waals surface area (Å²) in [5.74, 6) is 0.548. The predicted molar refractivity (Wildman–Crippen MR) is 84.2 cm³/mol. The first-order chi connectivity index (χ1) is 10.7. The fourth-order valence-electron chi connectivity index (χ4n) is 2.90. The molecule has 0 spiro atoms. The molecule has 6 heteroatoms. The van der Waals surface area contributed by atoms with Gasteiger partial charge in [0.15, 0.2) is 0 Å². The molecule has 1 heterocycles. The second kappa shape index (κ2) is 6.68. The van der Waals surface area contributed by atoms with Gasteiger partial charge in [0.05, 0.1) is 18.7 Å². The van der Waals surface area contributed by atoms with E-state index in [1.165, 1.54) is 19.3 Å². The molecule has 1 fully saturated rings. The van der Waals surface area contributed by atoms with E-state index in [1.807, 2.05) is 0 Å². The van der Waals surface area contributed by atoms with Crippen LogP contribution in [0.2, 0.25) is 0 Å². The Hall–Kier alpha value is -2.24. The van der Waals surface area contributed by atoms with E-state index in [0.717, 1.165) is 12.8 Å². The van der Waals surface area contributed by atoms with E-state index in [0.29, 0.717) is 30.2 Å². The molecule has 0 bridgehead atoms. The van der Waals surface area contributed by atoms with Crippen LogP contribution in [0.4, 0.5) is 16.2 Å². The Bertz CT molecular complexity index is 568. The first-order valence-electron chi connectivity index (χ1n) is 7.85. The molecule has 0 atom stereocenters. The quantitative estimate of drug-likeness (QED) is 0.786. The van der Waals surface area contributed by atoms with Gasteiger partial charge in [-0.15, -0.1) is 0 Å². The van der Waals surface area contributed by atoms with Gasteiger partial charge in [0.2, 0.25) is 5.91 Å². The van der Waals surface area contributed by atoms with Gasteiger partial charge in [-0.05, 0) is 31.0 Å². The van der Waals surface area contributed by atoms with Gasteiger partial charge in [-0.2, -0.15) is 0 Å². The van der Waals surface area contributed by atoms with Crippen molar-refractivity contribution in [3.05, 3.63) is 18.2 Å². The molecule has 2 aliphatic rings. The maximum Gasteiger partial charge on any atom is 0.319 e. The van der Waals surface area contributed by atoms with Crippen LogP contribution >= 0.6 is 0 Å². The Balaban J connectivity index is 1.62. The van der Waals surface area contributed by atoms with Crippen molar-refractivity contribution in [1.29, 1.82) is 0 Å². The van der Waals surface area contributed by atoms with Crippen LogP contribution in [-0.4, -0.2) is 24.6 Å². The number of ether oxygens (including phenoxy) is 1. The topological polar surface area (TPSA) is 79.5 Å². The maximum atomic E-state index is 12.0. The van der Waals surface area contributed by atoms with Gasteiger partial charge < -0.3 is 20.7 Å². The van der Waals surface area contributed by atoms with Crippen LogP contribution in [0.5, 0.6) is 5.75 Å². The van der Waals surface area contributed by atoms with Crippen molar-refractivity contribution in [3.63, 3.8) is 0 Å². The van der Waals surface area contributed by atoms with E-state index in [-0.39, 0.29) is 18.0 Å². The van der Waals surface area contributed by atoms with E-state index in [2.05, 4.69) is 16.0 Å². The Kier molecular flexibility index (Phi) is 4.46. The third-order valence-corrected chi connectivity index (χ3v) is 4.04.